The van der Waals surface area contributed by atoms with Crippen molar-refractivity contribution in [3.05, 3.63) is 48.5 Å². The lowest BCUT2D eigenvalue weighted by molar-refractivity contribution is -0.114. The van der Waals surface area contributed by atoms with Crippen molar-refractivity contribution in [1.29, 1.82) is 0 Å². The van der Waals surface area contributed by atoms with Gasteiger partial charge in [-0.25, -0.2) is 0 Å². The van der Waals surface area contributed by atoms with E-state index in [1.807, 2.05) is 48.5 Å². The quantitative estimate of drug-likeness (QED) is 0.747. The second kappa shape index (κ2) is 9.43. The average molecular weight is 385 g/mol. The van der Waals surface area contributed by atoms with Gasteiger partial charge in [-0.3, -0.25) is 9.59 Å². The van der Waals surface area contributed by atoms with E-state index in [9.17, 15) is 9.59 Å². The maximum absolute atomic E-state index is 12.5. The van der Waals surface area contributed by atoms with Crippen molar-refractivity contribution in [2.75, 3.05) is 47.6 Å². The van der Waals surface area contributed by atoms with Crippen LogP contribution in [0.1, 0.15) is 6.92 Å². The largest absolute Gasteiger partial charge is 0.378 e. The molecule has 1 aliphatic rings. The zero-order chi connectivity index (χ0) is 19.1. The highest BCUT2D eigenvalue weighted by atomic mass is 32.2. The summed E-state index contributed by atoms with van der Waals surface area (Å²) < 4.78 is 5.41. The predicted octanol–water partition coefficient (Wildman–Crippen LogP) is 3.21. The molecule has 2 aromatic rings. The van der Waals surface area contributed by atoms with Gasteiger partial charge in [0.05, 0.1) is 36.0 Å². The molecule has 0 unspecified atom stereocenters. The van der Waals surface area contributed by atoms with Crippen LogP contribution < -0.4 is 15.5 Å². The lowest BCUT2D eigenvalue weighted by Crippen LogP contribution is -2.36. The van der Waals surface area contributed by atoms with Gasteiger partial charge < -0.3 is 20.3 Å². The van der Waals surface area contributed by atoms with Gasteiger partial charge in [0, 0.05) is 24.9 Å². The molecule has 27 heavy (non-hydrogen) atoms. The van der Waals surface area contributed by atoms with Gasteiger partial charge in [-0.15, -0.1) is 11.8 Å². The summed E-state index contributed by atoms with van der Waals surface area (Å²) in [5.74, 6) is 0.0406. The summed E-state index contributed by atoms with van der Waals surface area (Å²) in [6.45, 7) is 4.48. The van der Waals surface area contributed by atoms with Crippen molar-refractivity contribution in [2.24, 2.45) is 0 Å². The summed E-state index contributed by atoms with van der Waals surface area (Å²) in [7, 11) is 0. The Hall–Kier alpha value is -2.51. The monoisotopic (exact) mass is 385 g/mol. The molecule has 3 rings (SSSR count). The Balaban J connectivity index is 1.63. The Labute approximate surface area is 163 Å². The second-order valence-corrected chi connectivity index (χ2v) is 7.15. The van der Waals surface area contributed by atoms with Gasteiger partial charge in [0.25, 0.3) is 0 Å². The molecule has 0 saturated carbocycles. The number of nitrogens with one attached hydrogen (secondary N) is 2. The molecule has 142 valence electrons. The molecular formula is C20H23N3O3S. The summed E-state index contributed by atoms with van der Waals surface area (Å²) >= 11 is 1.40. The van der Waals surface area contributed by atoms with Crippen molar-refractivity contribution in [3.8, 4) is 0 Å². The first-order valence-corrected chi connectivity index (χ1v) is 9.83. The number of benzene rings is 2. The number of anilines is 3. The number of ether oxygens (including phenoxy) is 1. The normalized spacial score (nSPS) is 13.9. The smallest absolute Gasteiger partial charge is 0.234 e. The van der Waals surface area contributed by atoms with Crippen LogP contribution in [-0.4, -0.2) is 43.9 Å². The minimum absolute atomic E-state index is 0.0849. The van der Waals surface area contributed by atoms with Gasteiger partial charge in [-0.05, 0) is 24.3 Å². The maximum Gasteiger partial charge on any atom is 0.234 e. The first-order chi connectivity index (χ1) is 13.1. The van der Waals surface area contributed by atoms with Gasteiger partial charge in [0.2, 0.25) is 11.8 Å². The molecule has 6 nitrogen and oxygen atoms in total. The zero-order valence-electron chi connectivity index (χ0n) is 15.2. The van der Waals surface area contributed by atoms with Gasteiger partial charge in [-0.2, -0.15) is 0 Å². The van der Waals surface area contributed by atoms with E-state index < -0.39 is 0 Å². The average Bonchev–Trinajstić information content (AvgIpc) is 2.68. The molecule has 1 aliphatic heterocycles. The van der Waals surface area contributed by atoms with Crippen molar-refractivity contribution in [1.82, 2.24) is 0 Å². The van der Waals surface area contributed by atoms with E-state index in [0.717, 1.165) is 35.0 Å². The number of carbonyl (C=O) groups excluding carboxylic acids is 2. The number of hydrogen-bond donors (Lipinski definition) is 2. The standard InChI is InChI=1S/C20H23N3O3S/c1-15(24)21-17-7-3-5-9-19(17)27-14-20(25)22-16-6-2-4-8-18(16)23-10-12-26-13-11-23/h2-9H,10-14H2,1H3,(H,21,24)(H,22,25). The van der Waals surface area contributed by atoms with E-state index >= 15 is 0 Å². The lowest BCUT2D eigenvalue weighted by Gasteiger charge is -2.30. The minimum Gasteiger partial charge on any atom is -0.378 e. The molecule has 2 N–H and O–H groups in total. The number of para-hydroxylation sites is 3. The number of morpholine rings is 1. The molecule has 0 spiro atoms. The third-order valence-corrected chi connectivity index (χ3v) is 5.16. The topological polar surface area (TPSA) is 70.7 Å². The van der Waals surface area contributed by atoms with Crippen LogP contribution in [0.15, 0.2) is 53.4 Å². The van der Waals surface area contributed by atoms with Crippen LogP contribution in [0.4, 0.5) is 17.1 Å². The molecule has 0 aliphatic carbocycles. The molecule has 1 heterocycles. The molecular weight excluding hydrogens is 362 g/mol. The van der Waals surface area contributed by atoms with Crippen molar-refractivity contribution < 1.29 is 14.3 Å². The molecule has 2 aromatic carbocycles. The number of hydrogen-bond acceptors (Lipinski definition) is 5. The van der Waals surface area contributed by atoms with Gasteiger partial charge in [0.1, 0.15) is 0 Å². The fraction of sp³-hybridized carbons (Fsp3) is 0.300. The van der Waals surface area contributed by atoms with E-state index in [1.165, 1.54) is 18.7 Å². The van der Waals surface area contributed by atoms with Gasteiger partial charge >= 0.3 is 0 Å². The summed E-state index contributed by atoms with van der Waals surface area (Å²) in [6, 6.07) is 15.3. The maximum atomic E-state index is 12.5. The predicted molar refractivity (Wildman–Crippen MR) is 110 cm³/mol. The van der Waals surface area contributed by atoms with Crippen LogP contribution in [0.25, 0.3) is 0 Å². The summed E-state index contributed by atoms with van der Waals surface area (Å²) in [5, 5.41) is 5.80. The molecule has 0 bridgehead atoms. The van der Waals surface area contributed by atoms with Gasteiger partial charge in [-0.1, -0.05) is 24.3 Å². The molecule has 0 atom stereocenters. The molecule has 0 aromatic heterocycles. The van der Waals surface area contributed by atoms with Crippen LogP contribution in [0.3, 0.4) is 0 Å². The van der Waals surface area contributed by atoms with Crippen LogP contribution in [0, 0.1) is 0 Å². The van der Waals surface area contributed by atoms with E-state index in [2.05, 4.69) is 15.5 Å². The second-order valence-electron chi connectivity index (χ2n) is 6.13. The van der Waals surface area contributed by atoms with E-state index in [1.54, 1.807) is 0 Å². The Morgan fingerprint density at radius 1 is 1.00 bits per heavy atom. The van der Waals surface area contributed by atoms with Crippen molar-refractivity contribution in [2.45, 2.75) is 11.8 Å². The first-order valence-electron chi connectivity index (χ1n) is 8.84. The third-order valence-electron chi connectivity index (χ3n) is 4.09. The zero-order valence-corrected chi connectivity index (χ0v) is 16.1. The molecule has 1 fully saturated rings. The number of thioether (sulfide) groups is 1. The molecule has 0 radical (unpaired) electrons. The highest BCUT2D eigenvalue weighted by Gasteiger charge is 2.16. The van der Waals surface area contributed by atoms with Crippen LogP contribution in [-0.2, 0) is 14.3 Å². The fourth-order valence-electron chi connectivity index (χ4n) is 2.87. The highest BCUT2D eigenvalue weighted by Crippen LogP contribution is 2.29. The van der Waals surface area contributed by atoms with Gasteiger partial charge in [0.15, 0.2) is 0 Å². The SMILES string of the molecule is CC(=O)Nc1ccccc1SCC(=O)Nc1ccccc1N1CCOCC1. The first kappa shape index (κ1) is 19.3. The third kappa shape index (κ3) is 5.48. The van der Waals surface area contributed by atoms with E-state index in [4.69, 9.17) is 4.74 Å². The van der Waals surface area contributed by atoms with E-state index in [-0.39, 0.29) is 17.6 Å². The number of rotatable bonds is 6. The Bertz CT molecular complexity index is 807. The minimum atomic E-state index is -0.132. The van der Waals surface area contributed by atoms with E-state index in [0.29, 0.717) is 13.2 Å². The lowest BCUT2D eigenvalue weighted by atomic mass is 10.2. The Morgan fingerprint density at radius 2 is 1.67 bits per heavy atom. The summed E-state index contributed by atoms with van der Waals surface area (Å²) in [4.78, 5) is 26.9. The fourth-order valence-corrected chi connectivity index (χ4v) is 3.68. The Kier molecular flexibility index (Phi) is 6.73. The van der Waals surface area contributed by atoms with Crippen LogP contribution >= 0.6 is 11.8 Å². The van der Waals surface area contributed by atoms with Crippen molar-refractivity contribution >= 4 is 40.6 Å². The van der Waals surface area contributed by atoms with Crippen LogP contribution in [0.5, 0.6) is 0 Å². The summed E-state index contributed by atoms with van der Waals surface area (Å²) in [5.41, 5.74) is 2.54. The highest BCUT2D eigenvalue weighted by molar-refractivity contribution is 8.00. The molecule has 2 amide bonds. The Morgan fingerprint density at radius 3 is 2.41 bits per heavy atom. The summed E-state index contributed by atoms with van der Waals surface area (Å²) in [6.07, 6.45) is 0. The number of amides is 2. The number of nitrogens with zero attached hydrogens (tertiary/aromatic N) is 1. The van der Waals surface area contributed by atoms with Crippen LogP contribution in [0.2, 0.25) is 0 Å². The molecule has 7 heteroatoms. The number of carbonyl (C=O) groups is 2. The van der Waals surface area contributed by atoms with Crippen molar-refractivity contribution in [3.63, 3.8) is 0 Å². The molecule has 1 saturated heterocycles.